The number of hydrogen-bond acceptors (Lipinski definition) is 2. The third kappa shape index (κ3) is 5.45. The van der Waals surface area contributed by atoms with Crippen LogP contribution >= 0.6 is 12.4 Å². The van der Waals surface area contributed by atoms with Crippen LogP contribution in [0.1, 0.15) is 44.4 Å². The van der Waals surface area contributed by atoms with Gasteiger partial charge in [-0.3, -0.25) is 0 Å². The largest absolute Gasteiger partial charge is 0.416 e. The smallest absolute Gasteiger partial charge is 0.388 e. The number of halogens is 5. The molecule has 0 aliphatic rings. The highest BCUT2D eigenvalue weighted by atomic mass is 35.5. The summed E-state index contributed by atoms with van der Waals surface area (Å²) in [4.78, 5) is 0. The van der Waals surface area contributed by atoms with E-state index in [1.54, 1.807) is 0 Å². The summed E-state index contributed by atoms with van der Waals surface area (Å²) in [6.45, 7) is 5.52. The van der Waals surface area contributed by atoms with Crippen molar-refractivity contribution in [2.75, 3.05) is 0 Å². The topological polar surface area (TPSA) is 46.2 Å². The second kappa shape index (κ2) is 6.94. The third-order valence-corrected chi connectivity index (χ3v) is 3.27. The Bertz CT molecular complexity index is 471. The zero-order valence-corrected chi connectivity index (χ0v) is 12.9. The summed E-state index contributed by atoms with van der Waals surface area (Å²) in [5.41, 5.74) is 4.16. The molecule has 7 heteroatoms. The van der Waals surface area contributed by atoms with Gasteiger partial charge in [-0.2, -0.15) is 13.2 Å². The molecular weight excluding hydrogens is 310 g/mol. The standard InChI is InChI=1S/C14H19F4NO.ClH/c1-13(2,3)12(19)7-11(20)9-6-8(14(16,17)18)4-5-10(9)15;/h4-6,11-12,20H,7,19H2,1-3H3;1H/t11-,12-;/m0./s1. The molecule has 0 amide bonds. The molecular formula is C14H20ClF4NO. The number of hydrogen-bond donors (Lipinski definition) is 2. The van der Waals surface area contributed by atoms with E-state index in [0.717, 1.165) is 0 Å². The van der Waals surface area contributed by atoms with Crippen LogP contribution in [0.25, 0.3) is 0 Å². The van der Waals surface area contributed by atoms with Crippen LogP contribution in [0.15, 0.2) is 18.2 Å². The second-order valence-corrected chi connectivity index (χ2v) is 5.96. The van der Waals surface area contributed by atoms with E-state index < -0.39 is 29.7 Å². The van der Waals surface area contributed by atoms with Crippen LogP contribution in [0.4, 0.5) is 17.6 Å². The Morgan fingerprint density at radius 2 is 1.71 bits per heavy atom. The molecule has 0 bridgehead atoms. The Balaban J connectivity index is 0.00000400. The highest BCUT2D eigenvalue weighted by Crippen LogP contribution is 2.33. The summed E-state index contributed by atoms with van der Waals surface area (Å²) >= 11 is 0. The monoisotopic (exact) mass is 329 g/mol. The lowest BCUT2D eigenvalue weighted by Crippen LogP contribution is -2.36. The van der Waals surface area contributed by atoms with Crippen molar-refractivity contribution in [1.82, 2.24) is 0 Å². The van der Waals surface area contributed by atoms with Crippen molar-refractivity contribution in [3.05, 3.63) is 35.1 Å². The predicted octanol–water partition coefficient (Wildman–Crippen LogP) is 4.06. The zero-order chi connectivity index (χ0) is 15.7. The number of aliphatic hydroxyl groups excluding tert-OH is 1. The maximum Gasteiger partial charge on any atom is 0.416 e. The Morgan fingerprint density at radius 3 is 2.14 bits per heavy atom. The maximum absolute atomic E-state index is 13.6. The fourth-order valence-corrected chi connectivity index (χ4v) is 1.70. The number of benzene rings is 1. The molecule has 122 valence electrons. The molecule has 0 unspecified atom stereocenters. The van der Waals surface area contributed by atoms with Gasteiger partial charge in [-0.05, 0) is 30.0 Å². The summed E-state index contributed by atoms with van der Waals surface area (Å²) in [6.07, 6.45) is -5.96. The van der Waals surface area contributed by atoms with Crippen LogP contribution in [0.2, 0.25) is 0 Å². The molecule has 1 aromatic rings. The molecule has 0 heterocycles. The van der Waals surface area contributed by atoms with Crippen molar-refractivity contribution in [1.29, 1.82) is 0 Å². The van der Waals surface area contributed by atoms with Crippen molar-refractivity contribution in [3.8, 4) is 0 Å². The van der Waals surface area contributed by atoms with E-state index in [9.17, 15) is 22.7 Å². The molecule has 21 heavy (non-hydrogen) atoms. The van der Waals surface area contributed by atoms with Crippen LogP contribution in [-0.4, -0.2) is 11.1 Å². The van der Waals surface area contributed by atoms with Gasteiger partial charge in [0, 0.05) is 11.6 Å². The van der Waals surface area contributed by atoms with Gasteiger partial charge in [-0.15, -0.1) is 12.4 Å². The second-order valence-electron chi connectivity index (χ2n) is 5.96. The number of rotatable bonds is 3. The summed E-state index contributed by atoms with van der Waals surface area (Å²) in [7, 11) is 0. The molecule has 0 fully saturated rings. The van der Waals surface area contributed by atoms with Crippen molar-refractivity contribution in [2.24, 2.45) is 11.1 Å². The molecule has 2 atom stereocenters. The van der Waals surface area contributed by atoms with E-state index in [1.165, 1.54) is 0 Å². The van der Waals surface area contributed by atoms with Crippen LogP contribution in [0.5, 0.6) is 0 Å². The Hall–Kier alpha value is -0.850. The molecule has 0 aliphatic carbocycles. The van der Waals surface area contributed by atoms with E-state index in [-0.39, 0.29) is 29.8 Å². The Morgan fingerprint density at radius 1 is 1.19 bits per heavy atom. The molecule has 0 saturated heterocycles. The van der Waals surface area contributed by atoms with E-state index in [4.69, 9.17) is 5.73 Å². The fraction of sp³-hybridized carbons (Fsp3) is 0.571. The first-order valence-corrected chi connectivity index (χ1v) is 6.23. The van der Waals surface area contributed by atoms with Gasteiger partial charge in [0.25, 0.3) is 0 Å². The molecule has 0 aromatic heterocycles. The van der Waals surface area contributed by atoms with Crippen molar-refractivity contribution < 1.29 is 22.7 Å². The predicted molar refractivity (Wildman–Crippen MR) is 75.7 cm³/mol. The van der Waals surface area contributed by atoms with Crippen molar-refractivity contribution >= 4 is 12.4 Å². The lowest BCUT2D eigenvalue weighted by molar-refractivity contribution is -0.137. The van der Waals surface area contributed by atoms with E-state index in [2.05, 4.69) is 0 Å². The number of nitrogens with two attached hydrogens (primary N) is 1. The minimum atomic E-state index is -4.58. The first-order valence-electron chi connectivity index (χ1n) is 6.23. The third-order valence-electron chi connectivity index (χ3n) is 3.27. The average molecular weight is 330 g/mol. The highest BCUT2D eigenvalue weighted by molar-refractivity contribution is 5.85. The molecule has 1 aromatic carbocycles. The van der Waals surface area contributed by atoms with Crippen LogP contribution in [0.3, 0.4) is 0 Å². The maximum atomic E-state index is 13.6. The molecule has 2 nitrogen and oxygen atoms in total. The molecule has 3 N–H and O–H groups in total. The first-order chi connectivity index (χ1) is 8.93. The van der Waals surface area contributed by atoms with Gasteiger partial charge in [0.15, 0.2) is 0 Å². The lowest BCUT2D eigenvalue weighted by Gasteiger charge is -2.29. The summed E-state index contributed by atoms with van der Waals surface area (Å²) in [5, 5.41) is 9.94. The molecule has 0 radical (unpaired) electrons. The zero-order valence-electron chi connectivity index (χ0n) is 12.0. The van der Waals surface area contributed by atoms with Gasteiger partial charge in [-0.1, -0.05) is 20.8 Å². The molecule has 0 aliphatic heterocycles. The van der Waals surface area contributed by atoms with E-state index >= 15 is 0 Å². The summed E-state index contributed by atoms with van der Waals surface area (Å²) < 4.78 is 51.3. The van der Waals surface area contributed by atoms with Gasteiger partial charge in [0.1, 0.15) is 5.82 Å². The Kier molecular flexibility index (Phi) is 6.66. The molecule has 0 saturated carbocycles. The minimum absolute atomic E-state index is 0. The first kappa shape index (κ1) is 20.1. The van der Waals surface area contributed by atoms with Crippen molar-refractivity contribution in [3.63, 3.8) is 0 Å². The SMILES string of the molecule is CC(C)(C)[C@@H](N)C[C@H](O)c1cc(C(F)(F)F)ccc1F.Cl. The fourth-order valence-electron chi connectivity index (χ4n) is 1.70. The summed E-state index contributed by atoms with van der Waals surface area (Å²) in [6, 6.07) is 1.53. The number of alkyl halides is 3. The van der Waals surface area contributed by atoms with Crippen LogP contribution in [0, 0.1) is 11.2 Å². The lowest BCUT2D eigenvalue weighted by atomic mass is 9.83. The Labute approximate surface area is 127 Å². The van der Waals surface area contributed by atoms with Gasteiger partial charge in [-0.25, -0.2) is 4.39 Å². The van der Waals surface area contributed by atoms with Gasteiger partial charge >= 0.3 is 6.18 Å². The van der Waals surface area contributed by atoms with Crippen LogP contribution < -0.4 is 5.73 Å². The highest BCUT2D eigenvalue weighted by Gasteiger charge is 2.32. The van der Waals surface area contributed by atoms with E-state index in [1.807, 2.05) is 20.8 Å². The van der Waals surface area contributed by atoms with Gasteiger partial charge < -0.3 is 10.8 Å². The average Bonchev–Trinajstić information content (AvgIpc) is 2.26. The quantitative estimate of drug-likeness (QED) is 0.821. The van der Waals surface area contributed by atoms with Gasteiger partial charge in [0.2, 0.25) is 0 Å². The molecule has 0 spiro atoms. The van der Waals surface area contributed by atoms with Gasteiger partial charge in [0.05, 0.1) is 11.7 Å². The normalized spacial score (nSPS) is 15.3. The van der Waals surface area contributed by atoms with Crippen LogP contribution in [-0.2, 0) is 6.18 Å². The minimum Gasteiger partial charge on any atom is -0.388 e. The summed E-state index contributed by atoms with van der Waals surface area (Å²) in [5.74, 6) is -0.869. The van der Waals surface area contributed by atoms with Crippen molar-refractivity contribution in [2.45, 2.75) is 45.5 Å². The number of aliphatic hydroxyl groups is 1. The molecule has 1 rings (SSSR count). The van der Waals surface area contributed by atoms with E-state index in [0.29, 0.717) is 18.2 Å².